The molecule has 1 rings (SSSR count). The summed E-state index contributed by atoms with van der Waals surface area (Å²) in [6, 6.07) is 0.647. The highest BCUT2D eigenvalue weighted by molar-refractivity contribution is 5.76. The average Bonchev–Trinajstić information content (AvgIpc) is 2.45. The second-order valence-electron chi connectivity index (χ2n) is 6.17. The molecule has 4 heteroatoms. The van der Waals surface area contributed by atoms with Gasteiger partial charge in [0.05, 0.1) is 6.61 Å². The summed E-state index contributed by atoms with van der Waals surface area (Å²) in [6.45, 7) is 5.56. The molecule has 20 heavy (non-hydrogen) atoms. The molecule has 1 aliphatic carbocycles. The Kier molecular flexibility index (Phi) is 8.15. The van der Waals surface area contributed by atoms with Gasteiger partial charge in [-0.3, -0.25) is 4.79 Å². The monoisotopic (exact) mass is 284 g/mol. The minimum Gasteiger partial charge on any atom is -0.383 e. The van der Waals surface area contributed by atoms with Gasteiger partial charge in [-0.2, -0.15) is 0 Å². The molecule has 2 N–H and O–H groups in total. The van der Waals surface area contributed by atoms with Gasteiger partial charge in [-0.15, -0.1) is 0 Å². The molecule has 1 saturated carbocycles. The van der Waals surface area contributed by atoms with Crippen molar-refractivity contribution in [3.8, 4) is 0 Å². The molecule has 0 aliphatic heterocycles. The van der Waals surface area contributed by atoms with Gasteiger partial charge in [0.1, 0.15) is 0 Å². The molecule has 0 spiro atoms. The van der Waals surface area contributed by atoms with Crippen molar-refractivity contribution in [1.82, 2.24) is 4.90 Å². The van der Waals surface area contributed by atoms with E-state index in [9.17, 15) is 4.79 Å². The second-order valence-corrected chi connectivity index (χ2v) is 6.17. The summed E-state index contributed by atoms with van der Waals surface area (Å²) in [5.41, 5.74) is 6.01. The van der Waals surface area contributed by atoms with Crippen LogP contribution in [0.15, 0.2) is 0 Å². The van der Waals surface area contributed by atoms with E-state index in [1.54, 1.807) is 7.11 Å². The second kappa shape index (κ2) is 9.35. The summed E-state index contributed by atoms with van der Waals surface area (Å²) >= 11 is 0. The van der Waals surface area contributed by atoms with Crippen LogP contribution in [0.1, 0.15) is 58.8 Å². The van der Waals surface area contributed by atoms with Crippen molar-refractivity contribution in [3.63, 3.8) is 0 Å². The highest BCUT2D eigenvalue weighted by atomic mass is 16.5. The first-order chi connectivity index (χ1) is 9.58. The van der Waals surface area contributed by atoms with E-state index in [0.717, 1.165) is 25.7 Å². The number of nitrogens with two attached hydrogens (primary N) is 1. The fourth-order valence-electron chi connectivity index (χ4n) is 3.07. The van der Waals surface area contributed by atoms with Gasteiger partial charge in [0, 0.05) is 32.2 Å². The fraction of sp³-hybridized carbons (Fsp3) is 0.938. The summed E-state index contributed by atoms with van der Waals surface area (Å²) in [5, 5.41) is 0. The number of ether oxygens (including phenoxy) is 1. The zero-order valence-corrected chi connectivity index (χ0v) is 13.4. The maximum absolute atomic E-state index is 12.4. The third-order valence-electron chi connectivity index (χ3n) is 4.57. The number of methoxy groups -OCH3 is 1. The zero-order valence-electron chi connectivity index (χ0n) is 13.4. The summed E-state index contributed by atoms with van der Waals surface area (Å²) < 4.78 is 5.12. The Bertz CT molecular complexity index is 284. The third kappa shape index (κ3) is 5.80. The Hall–Kier alpha value is -0.610. The number of rotatable bonds is 8. The van der Waals surface area contributed by atoms with Gasteiger partial charge in [0.15, 0.2) is 0 Å². The Labute approximate surface area is 124 Å². The quantitative estimate of drug-likeness (QED) is 0.745. The number of hydrogen-bond donors (Lipinski definition) is 1. The van der Waals surface area contributed by atoms with Crippen LogP contribution in [-0.2, 0) is 9.53 Å². The van der Waals surface area contributed by atoms with E-state index in [-0.39, 0.29) is 5.91 Å². The molecular weight excluding hydrogens is 252 g/mol. The minimum atomic E-state index is 0.274. The van der Waals surface area contributed by atoms with Crippen molar-refractivity contribution < 1.29 is 9.53 Å². The smallest absolute Gasteiger partial charge is 0.222 e. The van der Waals surface area contributed by atoms with E-state index < -0.39 is 0 Å². The van der Waals surface area contributed by atoms with E-state index >= 15 is 0 Å². The van der Waals surface area contributed by atoms with Crippen LogP contribution < -0.4 is 5.73 Å². The maximum atomic E-state index is 12.4. The highest BCUT2D eigenvalue weighted by Gasteiger charge is 2.23. The highest BCUT2D eigenvalue weighted by Crippen LogP contribution is 2.27. The summed E-state index contributed by atoms with van der Waals surface area (Å²) in [4.78, 5) is 14.4. The van der Waals surface area contributed by atoms with Crippen LogP contribution in [0.4, 0.5) is 0 Å². The molecule has 0 saturated heterocycles. The molecule has 0 radical (unpaired) electrons. The molecular formula is C16H32N2O2. The first-order valence-corrected chi connectivity index (χ1v) is 8.12. The van der Waals surface area contributed by atoms with Crippen molar-refractivity contribution in [2.45, 2.75) is 70.9 Å². The van der Waals surface area contributed by atoms with Gasteiger partial charge >= 0.3 is 0 Å². The van der Waals surface area contributed by atoms with Crippen LogP contribution in [0.25, 0.3) is 0 Å². The lowest BCUT2D eigenvalue weighted by Crippen LogP contribution is -2.40. The van der Waals surface area contributed by atoms with Crippen molar-refractivity contribution in [3.05, 3.63) is 0 Å². The first-order valence-electron chi connectivity index (χ1n) is 8.12. The predicted molar refractivity (Wildman–Crippen MR) is 82.5 cm³/mol. The van der Waals surface area contributed by atoms with Crippen LogP contribution in [-0.4, -0.2) is 43.2 Å². The first kappa shape index (κ1) is 17.4. The standard InChI is InChI=1S/C16H32N2O2/c1-4-13(2)18(10-11-20-3)16(19)9-8-14-6-5-7-15(17)12-14/h13-15H,4-12,17H2,1-3H3. The summed E-state index contributed by atoms with van der Waals surface area (Å²) in [6.07, 6.45) is 7.34. The van der Waals surface area contributed by atoms with E-state index in [4.69, 9.17) is 10.5 Å². The molecule has 1 aliphatic rings. The predicted octanol–water partition coefficient (Wildman–Crippen LogP) is 2.56. The van der Waals surface area contributed by atoms with Gasteiger partial charge in [-0.1, -0.05) is 19.8 Å². The largest absolute Gasteiger partial charge is 0.383 e. The van der Waals surface area contributed by atoms with Crippen molar-refractivity contribution in [2.24, 2.45) is 11.7 Å². The van der Waals surface area contributed by atoms with Gasteiger partial charge in [0.2, 0.25) is 5.91 Å². The summed E-state index contributed by atoms with van der Waals surface area (Å²) in [7, 11) is 1.68. The zero-order chi connectivity index (χ0) is 15.0. The molecule has 0 aromatic carbocycles. The molecule has 0 heterocycles. The lowest BCUT2D eigenvalue weighted by molar-refractivity contribution is -0.134. The molecule has 3 atom stereocenters. The van der Waals surface area contributed by atoms with E-state index in [1.165, 1.54) is 12.8 Å². The molecule has 0 aromatic rings. The van der Waals surface area contributed by atoms with E-state index in [2.05, 4.69) is 13.8 Å². The van der Waals surface area contributed by atoms with Crippen molar-refractivity contribution in [2.75, 3.05) is 20.3 Å². The Morgan fingerprint density at radius 3 is 2.80 bits per heavy atom. The SMILES string of the molecule is CCC(C)N(CCOC)C(=O)CCC1CCCC(N)C1. The lowest BCUT2D eigenvalue weighted by Gasteiger charge is -2.30. The van der Waals surface area contributed by atoms with Crippen LogP contribution >= 0.6 is 0 Å². The van der Waals surface area contributed by atoms with Crippen molar-refractivity contribution >= 4 is 5.91 Å². The number of amides is 1. The van der Waals surface area contributed by atoms with E-state index in [0.29, 0.717) is 37.6 Å². The van der Waals surface area contributed by atoms with Crippen LogP contribution in [0.2, 0.25) is 0 Å². The fourth-order valence-corrected chi connectivity index (χ4v) is 3.07. The van der Waals surface area contributed by atoms with Gasteiger partial charge < -0.3 is 15.4 Å². The molecule has 0 aromatic heterocycles. The third-order valence-corrected chi connectivity index (χ3v) is 4.57. The number of hydrogen-bond acceptors (Lipinski definition) is 3. The van der Waals surface area contributed by atoms with Gasteiger partial charge in [0.25, 0.3) is 0 Å². The molecule has 118 valence electrons. The molecule has 0 bridgehead atoms. The minimum absolute atomic E-state index is 0.274. The Balaban J connectivity index is 2.40. The molecule has 1 amide bonds. The number of nitrogens with zero attached hydrogens (tertiary/aromatic N) is 1. The average molecular weight is 284 g/mol. The Morgan fingerprint density at radius 1 is 1.45 bits per heavy atom. The Morgan fingerprint density at radius 2 is 2.20 bits per heavy atom. The molecule has 1 fully saturated rings. The normalized spacial score (nSPS) is 24.4. The number of carbonyl (C=O) groups excluding carboxylic acids is 1. The van der Waals surface area contributed by atoms with Crippen molar-refractivity contribution in [1.29, 1.82) is 0 Å². The summed E-state index contributed by atoms with van der Waals surface area (Å²) in [5.74, 6) is 0.916. The van der Waals surface area contributed by atoms with Crippen LogP contribution in [0.3, 0.4) is 0 Å². The van der Waals surface area contributed by atoms with E-state index in [1.807, 2.05) is 4.90 Å². The molecule has 4 nitrogen and oxygen atoms in total. The van der Waals surface area contributed by atoms with Crippen LogP contribution in [0.5, 0.6) is 0 Å². The van der Waals surface area contributed by atoms with Gasteiger partial charge in [-0.25, -0.2) is 0 Å². The van der Waals surface area contributed by atoms with Crippen LogP contribution in [0, 0.1) is 5.92 Å². The lowest BCUT2D eigenvalue weighted by atomic mass is 9.83. The number of carbonyl (C=O) groups is 1. The van der Waals surface area contributed by atoms with Gasteiger partial charge in [-0.05, 0) is 38.5 Å². The molecule has 3 unspecified atom stereocenters. The maximum Gasteiger partial charge on any atom is 0.222 e. The topological polar surface area (TPSA) is 55.6 Å².